The van der Waals surface area contributed by atoms with Gasteiger partial charge in [-0.2, -0.15) is 0 Å². The van der Waals surface area contributed by atoms with E-state index < -0.39 is 68.0 Å². The summed E-state index contributed by atoms with van der Waals surface area (Å²) in [5.74, 6) is 0. The quantitative estimate of drug-likeness (QED) is 0.240. The van der Waals surface area contributed by atoms with E-state index in [0.29, 0.717) is 0 Å². The molecule has 10 atom stereocenters. The lowest BCUT2D eigenvalue weighted by Crippen LogP contribution is -2.61. The molecule has 0 spiro atoms. The van der Waals surface area contributed by atoms with Gasteiger partial charge >= 0.3 is 0 Å². The van der Waals surface area contributed by atoms with Gasteiger partial charge in [-0.25, -0.2) is 0 Å². The average Bonchev–Trinajstić information content (AvgIpc) is 2.60. The Kier molecular flexibility index (Phi) is 7.49. The van der Waals surface area contributed by atoms with E-state index >= 15 is 0 Å². The molecule has 2 aliphatic rings. The molecular formula is C14H26O11. The first-order chi connectivity index (χ1) is 11.8. The van der Waals surface area contributed by atoms with Gasteiger partial charge in [0, 0.05) is 6.61 Å². The predicted octanol–water partition coefficient (Wildman–Crippen LogP) is -4.35. The maximum absolute atomic E-state index is 9.98. The first-order valence-corrected chi connectivity index (χ1v) is 8.05. The van der Waals surface area contributed by atoms with Gasteiger partial charge in [0.2, 0.25) is 0 Å². The van der Waals surface area contributed by atoms with Gasteiger partial charge in [0.1, 0.15) is 48.8 Å². The Morgan fingerprint density at radius 1 is 0.680 bits per heavy atom. The smallest absolute Gasteiger partial charge is 0.186 e. The van der Waals surface area contributed by atoms with Gasteiger partial charge in [0.05, 0.1) is 13.2 Å². The highest BCUT2D eigenvalue weighted by Crippen LogP contribution is 2.25. The summed E-state index contributed by atoms with van der Waals surface area (Å²) in [5, 5.41) is 68.0. The molecule has 10 unspecified atom stereocenters. The maximum atomic E-state index is 9.98. The largest absolute Gasteiger partial charge is 0.394 e. The van der Waals surface area contributed by atoms with Gasteiger partial charge in [-0.3, -0.25) is 0 Å². The van der Waals surface area contributed by atoms with Gasteiger partial charge in [-0.15, -0.1) is 0 Å². The molecule has 0 radical (unpaired) electrons. The van der Waals surface area contributed by atoms with Crippen LogP contribution in [0.1, 0.15) is 6.92 Å². The minimum Gasteiger partial charge on any atom is -0.394 e. The Hall–Kier alpha value is -0.440. The first kappa shape index (κ1) is 20.9. The molecule has 0 amide bonds. The fourth-order valence-corrected chi connectivity index (χ4v) is 2.75. The zero-order valence-corrected chi connectivity index (χ0v) is 13.7. The van der Waals surface area contributed by atoms with E-state index in [1.165, 1.54) is 0 Å². The van der Waals surface area contributed by atoms with Gasteiger partial charge in [0.25, 0.3) is 0 Å². The average molecular weight is 370 g/mol. The summed E-state index contributed by atoms with van der Waals surface area (Å²) < 4.78 is 20.9. The normalized spacial score (nSPS) is 48.5. The molecule has 148 valence electrons. The lowest BCUT2D eigenvalue weighted by Gasteiger charge is -2.42. The van der Waals surface area contributed by atoms with E-state index in [2.05, 4.69) is 0 Å². The van der Waals surface area contributed by atoms with Gasteiger partial charge in [-0.05, 0) is 6.92 Å². The highest BCUT2D eigenvalue weighted by atomic mass is 16.7. The number of aliphatic hydroxyl groups excluding tert-OH is 7. The SMILES string of the molecule is CCOC1OC(COC2OC(CO)C(O)C(O)C2O)C(O)C(O)C1O. The third-order valence-electron chi connectivity index (χ3n) is 4.27. The van der Waals surface area contributed by atoms with E-state index in [9.17, 15) is 30.6 Å². The summed E-state index contributed by atoms with van der Waals surface area (Å²) in [4.78, 5) is 0. The van der Waals surface area contributed by atoms with Crippen molar-refractivity contribution in [3.8, 4) is 0 Å². The number of aliphatic hydroxyl groups is 7. The minimum atomic E-state index is -1.60. The minimum absolute atomic E-state index is 0.199. The van der Waals surface area contributed by atoms with Crippen molar-refractivity contribution < 1.29 is 54.7 Å². The van der Waals surface area contributed by atoms with Crippen LogP contribution in [0, 0.1) is 0 Å². The number of rotatable bonds is 6. The molecule has 11 nitrogen and oxygen atoms in total. The van der Waals surface area contributed by atoms with E-state index in [4.69, 9.17) is 24.1 Å². The molecule has 2 aliphatic heterocycles. The van der Waals surface area contributed by atoms with Crippen LogP contribution >= 0.6 is 0 Å². The van der Waals surface area contributed by atoms with Crippen molar-refractivity contribution in [1.29, 1.82) is 0 Å². The summed E-state index contributed by atoms with van der Waals surface area (Å²) in [6.07, 6.45) is -14.0. The number of hydrogen-bond donors (Lipinski definition) is 7. The second-order valence-electron chi connectivity index (χ2n) is 6.00. The summed E-state index contributed by atoms with van der Waals surface area (Å²) in [6, 6.07) is 0. The van der Waals surface area contributed by atoms with Crippen molar-refractivity contribution in [2.75, 3.05) is 19.8 Å². The molecule has 0 aromatic carbocycles. The molecule has 2 heterocycles. The van der Waals surface area contributed by atoms with Crippen molar-refractivity contribution in [2.45, 2.75) is 68.3 Å². The Bertz CT molecular complexity index is 408. The van der Waals surface area contributed by atoms with Crippen molar-refractivity contribution in [2.24, 2.45) is 0 Å². The van der Waals surface area contributed by atoms with Crippen LogP contribution in [-0.2, 0) is 18.9 Å². The van der Waals surface area contributed by atoms with Crippen LogP contribution in [0.15, 0.2) is 0 Å². The molecule has 2 rings (SSSR count). The predicted molar refractivity (Wildman–Crippen MR) is 78.0 cm³/mol. The van der Waals surface area contributed by atoms with Crippen LogP contribution in [0.3, 0.4) is 0 Å². The molecular weight excluding hydrogens is 344 g/mol. The highest BCUT2D eigenvalue weighted by molar-refractivity contribution is 4.91. The van der Waals surface area contributed by atoms with Crippen LogP contribution < -0.4 is 0 Å². The number of hydrogen-bond acceptors (Lipinski definition) is 11. The Balaban J connectivity index is 1.96. The van der Waals surface area contributed by atoms with E-state index in [1.807, 2.05) is 0 Å². The zero-order valence-electron chi connectivity index (χ0n) is 13.7. The molecule has 2 fully saturated rings. The summed E-state index contributed by atoms with van der Waals surface area (Å²) in [7, 11) is 0. The topological polar surface area (TPSA) is 179 Å². The number of ether oxygens (including phenoxy) is 4. The maximum Gasteiger partial charge on any atom is 0.186 e. The molecule has 0 aromatic heterocycles. The zero-order chi connectivity index (χ0) is 18.7. The third kappa shape index (κ3) is 4.46. The van der Waals surface area contributed by atoms with Gasteiger partial charge in [0.15, 0.2) is 12.6 Å². The fraction of sp³-hybridized carbons (Fsp3) is 1.00. The molecule has 0 aliphatic carbocycles. The second kappa shape index (κ2) is 8.97. The highest BCUT2D eigenvalue weighted by Gasteiger charge is 2.47. The second-order valence-corrected chi connectivity index (χ2v) is 6.00. The van der Waals surface area contributed by atoms with Crippen molar-refractivity contribution in [3.63, 3.8) is 0 Å². The Morgan fingerprint density at radius 3 is 1.68 bits per heavy atom. The van der Waals surface area contributed by atoms with E-state index in [1.54, 1.807) is 6.92 Å². The molecule has 0 aromatic rings. The van der Waals surface area contributed by atoms with Crippen LogP contribution in [0.25, 0.3) is 0 Å². The van der Waals surface area contributed by atoms with Crippen LogP contribution in [0.2, 0.25) is 0 Å². The summed E-state index contributed by atoms with van der Waals surface area (Å²) >= 11 is 0. The first-order valence-electron chi connectivity index (χ1n) is 8.05. The van der Waals surface area contributed by atoms with Crippen LogP contribution in [-0.4, -0.2) is 117 Å². The Morgan fingerprint density at radius 2 is 1.16 bits per heavy atom. The van der Waals surface area contributed by atoms with Gasteiger partial charge in [-0.1, -0.05) is 0 Å². The van der Waals surface area contributed by atoms with Crippen molar-refractivity contribution in [3.05, 3.63) is 0 Å². The Labute approximate surface area is 143 Å². The molecule has 7 N–H and O–H groups in total. The lowest BCUT2D eigenvalue weighted by atomic mass is 9.98. The van der Waals surface area contributed by atoms with E-state index in [0.717, 1.165) is 0 Å². The fourth-order valence-electron chi connectivity index (χ4n) is 2.75. The van der Waals surface area contributed by atoms with Crippen molar-refractivity contribution in [1.82, 2.24) is 0 Å². The molecule has 11 heteroatoms. The molecule has 25 heavy (non-hydrogen) atoms. The summed E-state index contributed by atoms with van der Waals surface area (Å²) in [5.41, 5.74) is 0. The molecule has 0 bridgehead atoms. The standard InChI is InChI=1S/C14H26O11/c1-2-22-13-11(20)10(19)8(17)6(25-13)4-23-14-12(21)9(18)7(16)5(3-15)24-14/h5-21H,2-4H2,1H3. The molecule has 2 saturated heterocycles. The third-order valence-corrected chi connectivity index (χ3v) is 4.27. The van der Waals surface area contributed by atoms with Gasteiger partial charge < -0.3 is 54.7 Å². The van der Waals surface area contributed by atoms with Crippen LogP contribution in [0.4, 0.5) is 0 Å². The van der Waals surface area contributed by atoms with Crippen LogP contribution in [0.5, 0.6) is 0 Å². The van der Waals surface area contributed by atoms with E-state index in [-0.39, 0.29) is 13.2 Å². The summed E-state index contributed by atoms with van der Waals surface area (Å²) in [6.45, 7) is 0.875. The van der Waals surface area contributed by atoms with Crippen molar-refractivity contribution >= 4 is 0 Å². The molecule has 0 saturated carbocycles. The lowest BCUT2D eigenvalue weighted by molar-refractivity contribution is -0.330. The monoisotopic (exact) mass is 370 g/mol.